The van der Waals surface area contributed by atoms with Crippen LogP contribution in [-0.4, -0.2) is 34.6 Å². The Morgan fingerprint density at radius 2 is 1.92 bits per heavy atom. The third-order valence-electron chi connectivity index (χ3n) is 3.61. The van der Waals surface area contributed by atoms with Crippen LogP contribution in [0, 0.1) is 10.1 Å². The Hall–Kier alpha value is -3.62. The SMILES string of the molecule is COc1ccccc1OCCNc1nc2ccccn2c(=O)c1[N+](=O)[O-]. The second kappa shape index (κ2) is 7.51. The summed E-state index contributed by atoms with van der Waals surface area (Å²) in [4.78, 5) is 27.0. The number of aromatic nitrogens is 2. The molecule has 9 heteroatoms. The van der Waals surface area contributed by atoms with E-state index in [0.717, 1.165) is 4.40 Å². The number of hydrogen-bond acceptors (Lipinski definition) is 7. The number of pyridine rings is 1. The second-order valence-corrected chi connectivity index (χ2v) is 5.23. The van der Waals surface area contributed by atoms with E-state index in [1.54, 1.807) is 30.3 Å². The van der Waals surface area contributed by atoms with Crippen LogP contribution in [0.3, 0.4) is 0 Å². The minimum atomic E-state index is -0.742. The average molecular weight is 356 g/mol. The normalized spacial score (nSPS) is 10.5. The highest BCUT2D eigenvalue weighted by molar-refractivity contribution is 5.59. The van der Waals surface area contributed by atoms with Crippen LogP contribution in [0.2, 0.25) is 0 Å². The first-order chi connectivity index (χ1) is 12.6. The number of hydrogen-bond donors (Lipinski definition) is 1. The summed E-state index contributed by atoms with van der Waals surface area (Å²) in [5, 5.41) is 14.1. The standard InChI is InChI=1S/C17H16N4O5/c1-25-12-6-2-3-7-13(12)26-11-9-18-16-15(21(23)24)17(22)20-10-5-4-8-14(20)19-16/h2-8,10,18H,9,11H2,1H3. The van der Waals surface area contributed by atoms with Gasteiger partial charge in [-0.2, -0.15) is 0 Å². The summed E-state index contributed by atoms with van der Waals surface area (Å²) >= 11 is 0. The number of nitrogens with zero attached hydrogens (tertiary/aromatic N) is 3. The van der Waals surface area contributed by atoms with Gasteiger partial charge in [0.25, 0.3) is 0 Å². The first kappa shape index (κ1) is 17.2. The lowest BCUT2D eigenvalue weighted by Gasteiger charge is -2.11. The zero-order valence-corrected chi connectivity index (χ0v) is 13.9. The summed E-state index contributed by atoms with van der Waals surface area (Å²) in [5.41, 5.74) is -1.03. The van der Waals surface area contributed by atoms with Gasteiger partial charge >= 0.3 is 11.2 Å². The lowest BCUT2D eigenvalue weighted by atomic mass is 10.3. The molecule has 0 saturated heterocycles. The number of nitro groups is 1. The first-order valence-electron chi connectivity index (χ1n) is 7.77. The summed E-state index contributed by atoms with van der Waals surface area (Å²) < 4.78 is 11.9. The molecule has 0 spiro atoms. The van der Waals surface area contributed by atoms with Crippen molar-refractivity contribution in [2.45, 2.75) is 0 Å². The van der Waals surface area contributed by atoms with Crippen LogP contribution in [-0.2, 0) is 0 Å². The Bertz CT molecular complexity index is 1000. The van der Waals surface area contributed by atoms with E-state index in [1.807, 2.05) is 12.1 Å². The number of ether oxygens (including phenoxy) is 2. The van der Waals surface area contributed by atoms with Crippen molar-refractivity contribution in [3.05, 3.63) is 69.1 Å². The van der Waals surface area contributed by atoms with Crippen LogP contribution in [0.25, 0.3) is 5.65 Å². The second-order valence-electron chi connectivity index (χ2n) is 5.23. The van der Waals surface area contributed by atoms with Gasteiger partial charge in [-0.3, -0.25) is 19.3 Å². The topological polar surface area (TPSA) is 108 Å². The van der Waals surface area contributed by atoms with E-state index in [-0.39, 0.29) is 19.0 Å². The summed E-state index contributed by atoms with van der Waals surface area (Å²) in [6, 6.07) is 12.0. The average Bonchev–Trinajstić information content (AvgIpc) is 2.65. The number of fused-ring (bicyclic) bond motifs is 1. The van der Waals surface area contributed by atoms with Gasteiger partial charge < -0.3 is 14.8 Å². The number of benzene rings is 1. The van der Waals surface area contributed by atoms with Crippen molar-refractivity contribution in [1.29, 1.82) is 0 Å². The van der Waals surface area contributed by atoms with Crippen molar-refractivity contribution >= 4 is 17.2 Å². The third kappa shape index (κ3) is 3.41. The zero-order valence-electron chi connectivity index (χ0n) is 13.9. The summed E-state index contributed by atoms with van der Waals surface area (Å²) in [5.74, 6) is 1.05. The molecule has 9 nitrogen and oxygen atoms in total. The van der Waals surface area contributed by atoms with Crippen LogP contribution >= 0.6 is 0 Å². The molecular formula is C17H16N4O5. The summed E-state index contributed by atoms with van der Waals surface area (Å²) in [6.45, 7) is 0.418. The summed E-state index contributed by atoms with van der Waals surface area (Å²) in [6.07, 6.45) is 1.44. The Morgan fingerprint density at radius 1 is 1.19 bits per heavy atom. The minimum Gasteiger partial charge on any atom is -0.493 e. The van der Waals surface area contributed by atoms with E-state index in [1.165, 1.54) is 13.3 Å². The molecule has 0 bridgehead atoms. The molecule has 3 rings (SSSR count). The molecular weight excluding hydrogens is 340 g/mol. The number of rotatable bonds is 7. The minimum absolute atomic E-state index is 0.0881. The van der Waals surface area contributed by atoms with Crippen LogP contribution in [0.4, 0.5) is 11.5 Å². The highest BCUT2D eigenvalue weighted by atomic mass is 16.6. The Balaban J connectivity index is 1.77. The van der Waals surface area contributed by atoms with Gasteiger partial charge in [-0.05, 0) is 24.3 Å². The fourth-order valence-electron chi connectivity index (χ4n) is 2.44. The van der Waals surface area contributed by atoms with Crippen LogP contribution in [0.1, 0.15) is 0 Å². The highest BCUT2D eigenvalue weighted by Crippen LogP contribution is 2.25. The van der Waals surface area contributed by atoms with Gasteiger partial charge in [0.05, 0.1) is 18.6 Å². The summed E-state index contributed by atoms with van der Waals surface area (Å²) in [7, 11) is 1.54. The van der Waals surface area contributed by atoms with Crippen LogP contribution in [0.5, 0.6) is 11.5 Å². The fourth-order valence-corrected chi connectivity index (χ4v) is 2.44. The molecule has 0 fully saturated rings. The number of methoxy groups -OCH3 is 1. The van der Waals surface area contributed by atoms with Gasteiger partial charge in [0.1, 0.15) is 12.3 Å². The maximum atomic E-state index is 12.3. The zero-order chi connectivity index (χ0) is 18.5. The molecule has 0 amide bonds. The van der Waals surface area contributed by atoms with Crippen molar-refractivity contribution in [1.82, 2.24) is 9.38 Å². The molecule has 1 N–H and O–H groups in total. The molecule has 134 valence electrons. The van der Waals surface area contributed by atoms with Crippen molar-refractivity contribution in [3.63, 3.8) is 0 Å². The molecule has 0 radical (unpaired) electrons. The third-order valence-corrected chi connectivity index (χ3v) is 3.61. The fraction of sp³-hybridized carbons (Fsp3) is 0.176. The molecule has 2 aromatic heterocycles. The molecule has 0 aliphatic carbocycles. The van der Waals surface area contributed by atoms with Gasteiger partial charge in [-0.1, -0.05) is 18.2 Å². The smallest absolute Gasteiger partial charge is 0.376 e. The quantitative estimate of drug-likeness (QED) is 0.392. The van der Waals surface area contributed by atoms with E-state index < -0.39 is 16.2 Å². The lowest BCUT2D eigenvalue weighted by molar-refractivity contribution is -0.385. The molecule has 0 unspecified atom stereocenters. The number of para-hydroxylation sites is 2. The molecule has 0 aliphatic heterocycles. The van der Waals surface area contributed by atoms with Gasteiger partial charge in [-0.25, -0.2) is 4.98 Å². The van der Waals surface area contributed by atoms with Crippen molar-refractivity contribution in [2.75, 3.05) is 25.6 Å². The Labute approximate surface area is 148 Å². The molecule has 0 saturated carbocycles. The highest BCUT2D eigenvalue weighted by Gasteiger charge is 2.23. The Morgan fingerprint density at radius 3 is 2.65 bits per heavy atom. The predicted octanol–water partition coefficient (Wildman–Crippen LogP) is 2.10. The van der Waals surface area contributed by atoms with Crippen molar-refractivity contribution < 1.29 is 14.4 Å². The monoisotopic (exact) mass is 356 g/mol. The largest absolute Gasteiger partial charge is 0.493 e. The molecule has 26 heavy (non-hydrogen) atoms. The lowest BCUT2D eigenvalue weighted by Crippen LogP contribution is -2.22. The van der Waals surface area contributed by atoms with Gasteiger partial charge in [0.2, 0.25) is 5.82 Å². The van der Waals surface area contributed by atoms with E-state index in [9.17, 15) is 14.9 Å². The van der Waals surface area contributed by atoms with Crippen molar-refractivity contribution in [2.24, 2.45) is 0 Å². The molecule has 2 heterocycles. The van der Waals surface area contributed by atoms with Crippen LogP contribution in [0.15, 0.2) is 53.5 Å². The van der Waals surface area contributed by atoms with E-state index in [4.69, 9.17) is 9.47 Å². The first-order valence-corrected chi connectivity index (χ1v) is 7.77. The number of anilines is 1. The Kier molecular flexibility index (Phi) is 4.97. The van der Waals surface area contributed by atoms with Crippen molar-refractivity contribution in [3.8, 4) is 11.5 Å². The van der Waals surface area contributed by atoms with E-state index in [2.05, 4.69) is 10.3 Å². The van der Waals surface area contributed by atoms with E-state index in [0.29, 0.717) is 17.1 Å². The molecule has 3 aromatic rings. The maximum Gasteiger partial charge on any atom is 0.376 e. The predicted molar refractivity (Wildman–Crippen MR) is 95.1 cm³/mol. The van der Waals surface area contributed by atoms with Gasteiger partial charge in [0, 0.05) is 6.20 Å². The van der Waals surface area contributed by atoms with Gasteiger partial charge in [-0.15, -0.1) is 0 Å². The molecule has 0 aliphatic rings. The van der Waals surface area contributed by atoms with Gasteiger partial charge in [0.15, 0.2) is 11.5 Å². The maximum absolute atomic E-state index is 12.3. The molecule has 1 aromatic carbocycles. The van der Waals surface area contributed by atoms with E-state index >= 15 is 0 Å². The number of nitrogens with one attached hydrogen (secondary N) is 1. The van der Waals surface area contributed by atoms with Crippen LogP contribution < -0.4 is 20.3 Å². The molecule has 0 atom stereocenters.